The number of aromatic amines is 1. The van der Waals surface area contributed by atoms with Crippen molar-refractivity contribution in [1.29, 1.82) is 0 Å². The van der Waals surface area contributed by atoms with Gasteiger partial charge in [-0.1, -0.05) is 18.6 Å². The third kappa shape index (κ3) is 2.33. The van der Waals surface area contributed by atoms with Crippen LogP contribution in [0.5, 0.6) is 0 Å². The molecule has 0 atom stereocenters. The van der Waals surface area contributed by atoms with Crippen LogP contribution in [-0.4, -0.2) is 19.7 Å². The molecule has 1 aliphatic carbocycles. The molecule has 0 radical (unpaired) electrons. The van der Waals surface area contributed by atoms with Crippen LogP contribution in [0.25, 0.3) is 22.3 Å². The van der Waals surface area contributed by atoms with Gasteiger partial charge in [-0.3, -0.25) is 0 Å². The van der Waals surface area contributed by atoms with Crippen LogP contribution in [0.15, 0.2) is 54.7 Å². The number of nitrogens with zero attached hydrogens (tertiary/aromatic N) is 3. The molecule has 0 aliphatic heterocycles. The molecule has 5 rings (SSSR count). The first-order valence-corrected chi connectivity index (χ1v) is 9.99. The minimum absolute atomic E-state index is 0.00251. The Kier molecular flexibility index (Phi) is 3.67. The SMILES string of the molecule is Cn1c(-c2ccc3[nH]ccc3c2)nnc1C1(c2ccc(I)cc2)CCC1. The van der Waals surface area contributed by atoms with E-state index in [9.17, 15) is 0 Å². The molecule has 1 N–H and O–H groups in total. The summed E-state index contributed by atoms with van der Waals surface area (Å²) in [4.78, 5) is 3.24. The number of benzene rings is 2. The molecule has 4 aromatic rings. The van der Waals surface area contributed by atoms with Gasteiger partial charge in [0.25, 0.3) is 0 Å². The molecule has 2 aromatic heterocycles. The van der Waals surface area contributed by atoms with Crippen molar-refractivity contribution >= 4 is 33.5 Å². The standard InChI is InChI=1S/C21H19IN4/c1-26-19(15-3-8-18-14(13-15)9-12-23-18)24-25-20(26)21(10-2-11-21)16-4-6-17(22)7-5-16/h3-9,12-13,23H,2,10-11H2,1H3. The summed E-state index contributed by atoms with van der Waals surface area (Å²) < 4.78 is 3.45. The number of halogens is 1. The Morgan fingerprint density at radius 2 is 1.85 bits per heavy atom. The van der Waals surface area contributed by atoms with Gasteiger partial charge in [0.2, 0.25) is 0 Å². The summed E-state index contributed by atoms with van der Waals surface area (Å²) in [6.45, 7) is 0. The number of aromatic nitrogens is 4. The molecule has 5 heteroatoms. The van der Waals surface area contributed by atoms with Crippen molar-refractivity contribution in [2.45, 2.75) is 24.7 Å². The van der Waals surface area contributed by atoms with Crippen molar-refractivity contribution in [2.75, 3.05) is 0 Å². The fraction of sp³-hybridized carbons (Fsp3) is 0.238. The number of H-pyrrole nitrogens is 1. The molecule has 0 saturated heterocycles. The van der Waals surface area contributed by atoms with Gasteiger partial charge in [-0.05, 0) is 77.4 Å². The summed E-state index contributed by atoms with van der Waals surface area (Å²) in [5.74, 6) is 2.01. The van der Waals surface area contributed by atoms with E-state index in [2.05, 4.69) is 97.9 Å². The Morgan fingerprint density at radius 1 is 1.04 bits per heavy atom. The Bertz CT molecular complexity index is 1090. The number of rotatable bonds is 3. The summed E-state index contributed by atoms with van der Waals surface area (Å²) in [5, 5.41) is 10.4. The lowest BCUT2D eigenvalue weighted by Crippen LogP contribution is -2.38. The van der Waals surface area contributed by atoms with Crippen LogP contribution in [0.3, 0.4) is 0 Å². The summed E-state index contributed by atoms with van der Waals surface area (Å²) >= 11 is 2.36. The van der Waals surface area contributed by atoms with Gasteiger partial charge in [-0.15, -0.1) is 10.2 Å². The number of fused-ring (bicyclic) bond motifs is 1. The van der Waals surface area contributed by atoms with E-state index >= 15 is 0 Å². The zero-order valence-electron chi connectivity index (χ0n) is 14.5. The quantitative estimate of drug-likeness (QED) is 0.441. The predicted octanol–water partition coefficient (Wildman–Crippen LogP) is 5.04. The molecule has 1 fully saturated rings. The molecule has 2 heterocycles. The lowest BCUT2D eigenvalue weighted by Gasteiger charge is -2.41. The summed E-state index contributed by atoms with van der Waals surface area (Å²) in [7, 11) is 2.10. The smallest absolute Gasteiger partial charge is 0.163 e. The topological polar surface area (TPSA) is 46.5 Å². The summed E-state index contributed by atoms with van der Waals surface area (Å²) in [5.41, 5.74) is 3.61. The molecule has 0 bridgehead atoms. The van der Waals surface area contributed by atoms with Crippen LogP contribution >= 0.6 is 22.6 Å². The first-order chi connectivity index (χ1) is 12.7. The van der Waals surface area contributed by atoms with Gasteiger partial charge < -0.3 is 9.55 Å². The molecule has 4 nitrogen and oxygen atoms in total. The van der Waals surface area contributed by atoms with Gasteiger partial charge in [0.1, 0.15) is 5.82 Å². The molecular formula is C21H19IN4. The van der Waals surface area contributed by atoms with E-state index in [0.717, 1.165) is 35.6 Å². The predicted molar refractivity (Wildman–Crippen MR) is 112 cm³/mol. The van der Waals surface area contributed by atoms with Crippen molar-refractivity contribution in [3.8, 4) is 11.4 Å². The highest BCUT2D eigenvalue weighted by Crippen LogP contribution is 2.48. The third-order valence-electron chi connectivity index (χ3n) is 5.72. The zero-order valence-corrected chi connectivity index (χ0v) is 16.7. The van der Waals surface area contributed by atoms with Gasteiger partial charge >= 0.3 is 0 Å². The highest BCUT2D eigenvalue weighted by atomic mass is 127. The van der Waals surface area contributed by atoms with Crippen molar-refractivity contribution < 1.29 is 0 Å². The first-order valence-electron chi connectivity index (χ1n) is 8.91. The average Bonchev–Trinajstić information content (AvgIpc) is 3.22. The van der Waals surface area contributed by atoms with Crippen LogP contribution in [0.2, 0.25) is 0 Å². The van der Waals surface area contributed by atoms with E-state index in [4.69, 9.17) is 0 Å². The Morgan fingerprint density at radius 3 is 2.58 bits per heavy atom. The van der Waals surface area contributed by atoms with E-state index in [-0.39, 0.29) is 5.41 Å². The van der Waals surface area contributed by atoms with Gasteiger partial charge in [-0.25, -0.2) is 0 Å². The molecule has 0 amide bonds. The molecule has 2 aromatic carbocycles. The minimum Gasteiger partial charge on any atom is -0.361 e. The van der Waals surface area contributed by atoms with Crippen molar-refractivity contribution in [3.63, 3.8) is 0 Å². The maximum absolute atomic E-state index is 4.66. The second kappa shape index (κ2) is 5.94. The summed E-state index contributed by atoms with van der Waals surface area (Å²) in [6.07, 6.45) is 5.48. The molecular weight excluding hydrogens is 435 g/mol. The van der Waals surface area contributed by atoms with E-state index in [1.807, 2.05) is 6.20 Å². The Hall–Kier alpha value is -2.15. The van der Waals surface area contributed by atoms with E-state index in [0.29, 0.717) is 0 Å². The highest BCUT2D eigenvalue weighted by molar-refractivity contribution is 14.1. The van der Waals surface area contributed by atoms with Crippen LogP contribution < -0.4 is 0 Å². The normalized spacial score (nSPS) is 15.9. The Balaban J connectivity index is 1.61. The van der Waals surface area contributed by atoms with Gasteiger partial charge in [0.15, 0.2) is 5.82 Å². The maximum atomic E-state index is 4.66. The molecule has 1 aliphatic rings. The largest absolute Gasteiger partial charge is 0.361 e. The van der Waals surface area contributed by atoms with Crippen LogP contribution in [0, 0.1) is 3.57 Å². The number of hydrogen-bond donors (Lipinski definition) is 1. The fourth-order valence-electron chi connectivity index (χ4n) is 4.13. The lowest BCUT2D eigenvalue weighted by molar-refractivity contribution is 0.278. The van der Waals surface area contributed by atoms with E-state index in [1.54, 1.807) is 0 Å². The van der Waals surface area contributed by atoms with E-state index in [1.165, 1.54) is 20.9 Å². The molecule has 0 spiro atoms. The van der Waals surface area contributed by atoms with Crippen molar-refractivity contribution in [3.05, 3.63) is 69.7 Å². The molecule has 130 valence electrons. The number of hydrogen-bond acceptors (Lipinski definition) is 2. The molecule has 26 heavy (non-hydrogen) atoms. The molecule has 1 saturated carbocycles. The Labute approximate surface area is 165 Å². The van der Waals surface area contributed by atoms with Crippen molar-refractivity contribution in [2.24, 2.45) is 7.05 Å². The second-order valence-electron chi connectivity index (χ2n) is 7.13. The van der Waals surface area contributed by atoms with Gasteiger partial charge in [0, 0.05) is 33.3 Å². The second-order valence-corrected chi connectivity index (χ2v) is 8.37. The van der Waals surface area contributed by atoms with Gasteiger partial charge in [0.05, 0.1) is 5.41 Å². The van der Waals surface area contributed by atoms with Crippen LogP contribution in [-0.2, 0) is 12.5 Å². The van der Waals surface area contributed by atoms with Crippen LogP contribution in [0.1, 0.15) is 30.7 Å². The fourth-order valence-corrected chi connectivity index (χ4v) is 4.49. The van der Waals surface area contributed by atoms with Crippen LogP contribution in [0.4, 0.5) is 0 Å². The average molecular weight is 454 g/mol. The number of nitrogens with one attached hydrogen (secondary N) is 1. The zero-order chi connectivity index (χ0) is 17.7. The summed E-state index contributed by atoms with van der Waals surface area (Å²) in [6, 6.07) is 17.4. The van der Waals surface area contributed by atoms with Gasteiger partial charge in [-0.2, -0.15) is 0 Å². The van der Waals surface area contributed by atoms with E-state index < -0.39 is 0 Å². The molecule has 0 unspecified atom stereocenters. The maximum Gasteiger partial charge on any atom is 0.163 e. The lowest BCUT2D eigenvalue weighted by atomic mass is 9.64. The highest BCUT2D eigenvalue weighted by Gasteiger charge is 2.44. The first kappa shape index (κ1) is 16.1. The minimum atomic E-state index is 0.00251. The van der Waals surface area contributed by atoms with Crippen molar-refractivity contribution in [1.82, 2.24) is 19.7 Å². The monoisotopic (exact) mass is 454 g/mol. The third-order valence-corrected chi connectivity index (χ3v) is 6.44.